The number of hydrogen-bond donors (Lipinski definition) is 1. The predicted octanol–water partition coefficient (Wildman–Crippen LogP) is 1.22. The predicted molar refractivity (Wildman–Crippen MR) is 85.0 cm³/mol. The molecule has 0 unspecified atom stereocenters. The first-order chi connectivity index (χ1) is 10.2. The fraction of sp³-hybridized carbons (Fsp3) is 0.533. The summed E-state index contributed by atoms with van der Waals surface area (Å²) in [6.45, 7) is 4.92. The number of anilines is 1. The van der Waals surface area contributed by atoms with Crippen molar-refractivity contribution in [1.82, 2.24) is 10.2 Å². The second-order valence-electron chi connectivity index (χ2n) is 5.01. The Morgan fingerprint density at radius 2 is 1.90 bits per heavy atom. The Labute approximate surface area is 130 Å². The summed E-state index contributed by atoms with van der Waals surface area (Å²) in [5, 5.41) is 3.83. The summed E-state index contributed by atoms with van der Waals surface area (Å²) in [5.41, 5.74) is 1.16. The number of rotatable bonds is 6. The molecular weight excluding hydrogens is 290 g/mol. The molecule has 1 saturated heterocycles. The van der Waals surface area contributed by atoms with Crippen LogP contribution in [0.3, 0.4) is 0 Å². The van der Waals surface area contributed by atoms with Gasteiger partial charge in [0.05, 0.1) is 13.2 Å². The Morgan fingerprint density at radius 1 is 1.24 bits per heavy atom. The zero-order valence-electron chi connectivity index (χ0n) is 12.3. The van der Waals surface area contributed by atoms with Crippen LogP contribution in [-0.2, 0) is 9.53 Å². The molecule has 0 atom stereocenters. The quantitative estimate of drug-likeness (QED) is 0.803. The first-order valence-electron chi connectivity index (χ1n) is 7.18. The van der Waals surface area contributed by atoms with E-state index in [1.54, 1.807) is 7.11 Å². The molecule has 116 valence electrons. The molecule has 1 aromatic rings. The van der Waals surface area contributed by atoms with Gasteiger partial charge in [0.25, 0.3) is 0 Å². The average Bonchev–Trinajstić information content (AvgIpc) is 2.52. The number of methoxy groups -OCH3 is 1. The van der Waals surface area contributed by atoms with Gasteiger partial charge in [0.2, 0.25) is 5.91 Å². The van der Waals surface area contributed by atoms with Crippen molar-refractivity contribution in [3.8, 4) is 0 Å². The summed E-state index contributed by atoms with van der Waals surface area (Å²) in [6, 6.07) is 7.83. The van der Waals surface area contributed by atoms with Crippen LogP contribution in [0.15, 0.2) is 24.3 Å². The van der Waals surface area contributed by atoms with Crippen LogP contribution in [0.4, 0.5) is 5.69 Å². The molecule has 1 heterocycles. The molecule has 1 aliphatic rings. The van der Waals surface area contributed by atoms with Crippen LogP contribution in [0.1, 0.15) is 0 Å². The van der Waals surface area contributed by atoms with Crippen LogP contribution in [-0.4, -0.2) is 63.8 Å². The van der Waals surface area contributed by atoms with Gasteiger partial charge >= 0.3 is 0 Å². The molecule has 0 bridgehead atoms. The van der Waals surface area contributed by atoms with Gasteiger partial charge in [0.1, 0.15) is 0 Å². The summed E-state index contributed by atoms with van der Waals surface area (Å²) in [6.07, 6.45) is 0. The Balaban J connectivity index is 1.75. The van der Waals surface area contributed by atoms with Gasteiger partial charge < -0.3 is 19.9 Å². The monoisotopic (exact) mass is 311 g/mol. The number of piperazine rings is 1. The van der Waals surface area contributed by atoms with E-state index in [2.05, 4.69) is 10.2 Å². The number of carbonyl (C=O) groups is 1. The van der Waals surface area contributed by atoms with E-state index in [-0.39, 0.29) is 5.91 Å². The topological polar surface area (TPSA) is 44.8 Å². The third kappa shape index (κ3) is 4.88. The number of benzene rings is 1. The molecule has 2 rings (SSSR count). The maximum Gasteiger partial charge on any atom is 0.236 e. The molecule has 0 radical (unpaired) electrons. The van der Waals surface area contributed by atoms with E-state index in [0.717, 1.165) is 36.9 Å². The van der Waals surface area contributed by atoms with Gasteiger partial charge in [-0.2, -0.15) is 0 Å². The van der Waals surface area contributed by atoms with Crippen molar-refractivity contribution in [2.45, 2.75) is 0 Å². The highest BCUT2D eigenvalue weighted by Crippen LogP contribution is 2.19. The van der Waals surface area contributed by atoms with Crippen molar-refractivity contribution < 1.29 is 9.53 Å². The first-order valence-corrected chi connectivity index (χ1v) is 7.56. The summed E-state index contributed by atoms with van der Waals surface area (Å²) < 4.78 is 4.94. The summed E-state index contributed by atoms with van der Waals surface area (Å²) >= 11 is 5.90. The van der Waals surface area contributed by atoms with Gasteiger partial charge in [-0.1, -0.05) is 11.6 Å². The van der Waals surface area contributed by atoms with Crippen LogP contribution < -0.4 is 10.2 Å². The number of nitrogens with one attached hydrogen (secondary N) is 1. The summed E-state index contributed by atoms with van der Waals surface area (Å²) in [7, 11) is 1.65. The Kier molecular flexibility index (Phi) is 6.29. The third-order valence-corrected chi connectivity index (χ3v) is 3.84. The fourth-order valence-corrected chi connectivity index (χ4v) is 2.47. The van der Waals surface area contributed by atoms with Crippen molar-refractivity contribution in [1.29, 1.82) is 0 Å². The van der Waals surface area contributed by atoms with Crippen LogP contribution in [0.2, 0.25) is 5.02 Å². The van der Waals surface area contributed by atoms with Gasteiger partial charge in [-0.3, -0.25) is 4.79 Å². The third-order valence-electron chi connectivity index (χ3n) is 3.58. The number of hydrogen-bond acceptors (Lipinski definition) is 4. The van der Waals surface area contributed by atoms with Crippen molar-refractivity contribution in [2.24, 2.45) is 0 Å². The average molecular weight is 312 g/mol. The highest BCUT2D eigenvalue weighted by molar-refractivity contribution is 6.30. The minimum absolute atomic E-state index is 0.154. The molecule has 5 nitrogen and oxygen atoms in total. The van der Waals surface area contributed by atoms with Gasteiger partial charge in [0.15, 0.2) is 0 Å². The lowest BCUT2D eigenvalue weighted by atomic mass is 10.2. The highest BCUT2D eigenvalue weighted by Gasteiger charge is 2.20. The lowest BCUT2D eigenvalue weighted by molar-refractivity contribution is -0.130. The first kappa shape index (κ1) is 16.1. The number of amides is 1. The van der Waals surface area contributed by atoms with E-state index in [4.69, 9.17) is 16.3 Å². The van der Waals surface area contributed by atoms with Crippen molar-refractivity contribution in [3.63, 3.8) is 0 Å². The molecule has 6 heteroatoms. The maximum atomic E-state index is 12.0. The normalized spacial score (nSPS) is 15.3. The van der Waals surface area contributed by atoms with E-state index in [0.29, 0.717) is 19.7 Å². The van der Waals surface area contributed by atoms with E-state index in [1.807, 2.05) is 29.2 Å². The van der Waals surface area contributed by atoms with Crippen LogP contribution >= 0.6 is 11.6 Å². The SMILES string of the molecule is COCCNCC(=O)N1CCN(c2ccc(Cl)cc2)CC1. The summed E-state index contributed by atoms with van der Waals surface area (Å²) in [5.74, 6) is 0.154. The minimum Gasteiger partial charge on any atom is -0.383 e. The van der Waals surface area contributed by atoms with E-state index >= 15 is 0 Å². The van der Waals surface area contributed by atoms with E-state index < -0.39 is 0 Å². The number of halogens is 1. The smallest absolute Gasteiger partial charge is 0.236 e. The zero-order chi connectivity index (χ0) is 15.1. The minimum atomic E-state index is 0.154. The lowest BCUT2D eigenvalue weighted by Gasteiger charge is -2.36. The standard InChI is InChI=1S/C15H22ClN3O2/c1-21-11-6-17-12-15(20)19-9-7-18(8-10-19)14-4-2-13(16)3-5-14/h2-5,17H,6-12H2,1H3. The highest BCUT2D eigenvalue weighted by atomic mass is 35.5. The molecule has 0 spiro atoms. The van der Waals surface area contributed by atoms with Crippen LogP contribution in [0, 0.1) is 0 Å². The zero-order valence-corrected chi connectivity index (χ0v) is 13.1. The number of nitrogens with zero attached hydrogens (tertiary/aromatic N) is 2. The van der Waals surface area contributed by atoms with Gasteiger partial charge in [0, 0.05) is 50.5 Å². The molecular formula is C15H22ClN3O2. The van der Waals surface area contributed by atoms with Crippen molar-refractivity contribution >= 4 is 23.2 Å². The van der Waals surface area contributed by atoms with Gasteiger partial charge in [-0.05, 0) is 24.3 Å². The second kappa shape index (κ2) is 8.22. The Bertz CT molecular complexity index is 445. The summed E-state index contributed by atoms with van der Waals surface area (Å²) in [4.78, 5) is 16.2. The second-order valence-corrected chi connectivity index (χ2v) is 5.45. The molecule has 0 aliphatic carbocycles. The fourth-order valence-electron chi connectivity index (χ4n) is 2.35. The molecule has 21 heavy (non-hydrogen) atoms. The maximum absolute atomic E-state index is 12.0. The van der Waals surface area contributed by atoms with Crippen molar-refractivity contribution in [3.05, 3.63) is 29.3 Å². The molecule has 1 amide bonds. The molecule has 1 N–H and O–H groups in total. The Morgan fingerprint density at radius 3 is 2.52 bits per heavy atom. The van der Waals surface area contributed by atoms with E-state index in [1.165, 1.54) is 0 Å². The van der Waals surface area contributed by atoms with E-state index in [9.17, 15) is 4.79 Å². The molecule has 1 aliphatic heterocycles. The molecule has 0 saturated carbocycles. The van der Waals surface area contributed by atoms with Crippen LogP contribution in [0.5, 0.6) is 0 Å². The van der Waals surface area contributed by atoms with Crippen LogP contribution in [0.25, 0.3) is 0 Å². The van der Waals surface area contributed by atoms with Gasteiger partial charge in [-0.15, -0.1) is 0 Å². The van der Waals surface area contributed by atoms with Gasteiger partial charge in [-0.25, -0.2) is 0 Å². The largest absolute Gasteiger partial charge is 0.383 e. The number of ether oxygens (including phenoxy) is 1. The number of carbonyl (C=O) groups excluding carboxylic acids is 1. The molecule has 1 aromatic carbocycles. The lowest BCUT2D eigenvalue weighted by Crippen LogP contribution is -2.51. The molecule has 1 fully saturated rings. The Hall–Kier alpha value is -1.30. The molecule has 0 aromatic heterocycles. The van der Waals surface area contributed by atoms with Crippen molar-refractivity contribution in [2.75, 3.05) is 57.9 Å².